The van der Waals surface area contributed by atoms with Gasteiger partial charge in [-0.3, -0.25) is 0 Å². The molecule has 5 heteroatoms. The number of carbonyl (C=O) groups excluding carboxylic acids is 1. The molecule has 0 atom stereocenters. The number of halogens is 1. The minimum absolute atomic E-state index is 0.233. The van der Waals surface area contributed by atoms with Crippen LogP contribution in [0.25, 0.3) is 5.70 Å². The summed E-state index contributed by atoms with van der Waals surface area (Å²) in [6.45, 7) is 17.0. The second-order valence-corrected chi connectivity index (χ2v) is 8.23. The van der Waals surface area contributed by atoms with Gasteiger partial charge in [0.25, 0.3) is 0 Å². The summed E-state index contributed by atoms with van der Waals surface area (Å²) in [5.41, 5.74) is 4.19. The molecule has 0 aromatic heterocycles. The summed E-state index contributed by atoms with van der Waals surface area (Å²) in [4.78, 5) is 16.2. The molecule has 1 aliphatic heterocycles. The molecule has 0 spiro atoms. The minimum Gasteiger partial charge on any atom is -0.444 e. The largest absolute Gasteiger partial charge is 0.444 e. The van der Waals surface area contributed by atoms with E-state index in [1.807, 2.05) is 20.8 Å². The summed E-state index contributed by atoms with van der Waals surface area (Å²) < 4.78 is 6.54. The molecule has 2 rings (SSSR count). The van der Waals surface area contributed by atoms with Crippen molar-refractivity contribution in [1.82, 2.24) is 9.80 Å². The predicted molar refractivity (Wildman–Crippen MR) is 102 cm³/mol. The van der Waals surface area contributed by atoms with Gasteiger partial charge in [-0.2, -0.15) is 0 Å². The predicted octanol–water partition coefficient (Wildman–Crippen LogP) is 4.59. The number of hydrogen-bond acceptors (Lipinski definition) is 3. The fourth-order valence-corrected chi connectivity index (χ4v) is 3.70. The van der Waals surface area contributed by atoms with Gasteiger partial charge in [0.15, 0.2) is 0 Å². The smallest absolute Gasteiger partial charge is 0.410 e. The number of amides is 1. The maximum Gasteiger partial charge on any atom is 0.410 e. The Balaban J connectivity index is 2.02. The first-order chi connectivity index (χ1) is 11.1. The van der Waals surface area contributed by atoms with Gasteiger partial charge >= 0.3 is 6.09 Å². The number of benzene rings is 1. The molecular weight excluding hydrogens is 368 g/mol. The van der Waals surface area contributed by atoms with Crippen molar-refractivity contribution in [2.45, 2.75) is 40.2 Å². The number of nitrogens with zero attached hydrogens (tertiary/aromatic N) is 2. The lowest BCUT2D eigenvalue weighted by Gasteiger charge is -2.38. The van der Waals surface area contributed by atoms with Crippen molar-refractivity contribution in [2.24, 2.45) is 0 Å². The molecule has 0 saturated carbocycles. The van der Waals surface area contributed by atoms with Gasteiger partial charge in [-0.15, -0.1) is 0 Å². The summed E-state index contributed by atoms with van der Waals surface area (Å²) in [5.74, 6) is 0. The number of carbonyl (C=O) groups is 1. The fourth-order valence-electron chi connectivity index (χ4n) is 3.01. The Kier molecular flexibility index (Phi) is 5.63. The molecule has 0 N–H and O–H groups in total. The number of aryl methyl sites for hydroxylation is 2. The van der Waals surface area contributed by atoms with Crippen LogP contribution in [0.15, 0.2) is 23.2 Å². The lowest BCUT2D eigenvalue weighted by Crippen LogP contribution is -2.49. The summed E-state index contributed by atoms with van der Waals surface area (Å²) in [6.07, 6.45) is -0.233. The molecule has 0 unspecified atom stereocenters. The SMILES string of the molecule is C=C(c1c(C)cc(Br)cc1C)N1CCN(C(=O)OC(C)(C)C)CC1. The standard InChI is InChI=1S/C19H27BrN2O2/c1-13-11-16(20)12-14(2)17(13)15(3)21-7-9-22(10-8-21)18(23)24-19(4,5)6/h11-12H,3,7-10H2,1-2,4-6H3. The first-order valence-corrected chi connectivity index (χ1v) is 9.06. The van der Waals surface area contributed by atoms with Gasteiger partial charge in [-0.1, -0.05) is 22.5 Å². The summed E-state index contributed by atoms with van der Waals surface area (Å²) in [7, 11) is 0. The lowest BCUT2D eigenvalue weighted by molar-refractivity contribution is 0.0182. The topological polar surface area (TPSA) is 32.8 Å². The van der Waals surface area contributed by atoms with Crippen LogP contribution in [0.1, 0.15) is 37.5 Å². The third kappa shape index (κ3) is 4.53. The van der Waals surface area contributed by atoms with Crippen LogP contribution in [0.5, 0.6) is 0 Å². The Morgan fingerprint density at radius 2 is 1.54 bits per heavy atom. The normalized spacial score (nSPS) is 15.4. The van der Waals surface area contributed by atoms with E-state index >= 15 is 0 Å². The van der Waals surface area contributed by atoms with Crippen molar-refractivity contribution in [3.05, 3.63) is 39.9 Å². The van der Waals surface area contributed by atoms with Crippen LogP contribution in [-0.2, 0) is 4.74 Å². The van der Waals surface area contributed by atoms with Crippen LogP contribution in [-0.4, -0.2) is 47.7 Å². The van der Waals surface area contributed by atoms with E-state index in [-0.39, 0.29) is 6.09 Å². The molecule has 0 radical (unpaired) electrons. The Morgan fingerprint density at radius 3 is 2.00 bits per heavy atom. The quantitative estimate of drug-likeness (QED) is 0.735. The zero-order valence-electron chi connectivity index (χ0n) is 15.3. The zero-order valence-corrected chi connectivity index (χ0v) is 16.9. The highest BCUT2D eigenvalue weighted by molar-refractivity contribution is 9.10. The Labute approximate surface area is 153 Å². The molecule has 4 nitrogen and oxygen atoms in total. The molecule has 1 heterocycles. The average molecular weight is 395 g/mol. The highest BCUT2D eigenvalue weighted by Crippen LogP contribution is 2.28. The first-order valence-electron chi connectivity index (χ1n) is 8.27. The molecule has 1 saturated heterocycles. The van der Waals surface area contributed by atoms with Crippen LogP contribution in [0.4, 0.5) is 4.79 Å². The monoisotopic (exact) mass is 394 g/mol. The van der Waals surface area contributed by atoms with E-state index in [1.165, 1.54) is 16.7 Å². The minimum atomic E-state index is -0.455. The molecular formula is C19H27BrN2O2. The fraction of sp³-hybridized carbons (Fsp3) is 0.526. The van der Waals surface area contributed by atoms with Crippen LogP contribution in [0, 0.1) is 13.8 Å². The summed E-state index contributed by atoms with van der Waals surface area (Å²) in [6, 6.07) is 4.23. The third-order valence-corrected chi connectivity index (χ3v) is 4.56. The van der Waals surface area contributed by atoms with Gasteiger partial charge in [-0.05, 0) is 57.9 Å². The van der Waals surface area contributed by atoms with E-state index in [2.05, 4.69) is 53.4 Å². The lowest BCUT2D eigenvalue weighted by atomic mass is 9.99. The Morgan fingerprint density at radius 1 is 1.08 bits per heavy atom. The second kappa shape index (κ2) is 7.18. The number of ether oxygens (including phenoxy) is 1. The summed E-state index contributed by atoms with van der Waals surface area (Å²) in [5, 5.41) is 0. The van der Waals surface area contributed by atoms with Crippen molar-refractivity contribution in [3.8, 4) is 0 Å². The maximum atomic E-state index is 12.2. The highest BCUT2D eigenvalue weighted by Gasteiger charge is 2.27. The van der Waals surface area contributed by atoms with E-state index in [1.54, 1.807) is 4.90 Å². The molecule has 1 amide bonds. The van der Waals surface area contributed by atoms with Gasteiger partial charge in [0, 0.05) is 41.9 Å². The first kappa shape index (κ1) is 18.8. The van der Waals surface area contributed by atoms with E-state index in [4.69, 9.17) is 4.74 Å². The molecule has 1 aromatic rings. The van der Waals surface area contributed by atoms with Crippen molar-refractivity contribution < 1.29 is 9.53 Å². The summed E-state index contributed by atoms with van der Waals surface area (Å²) >= 11 is 3.54. The Bertz CT molecular complexity index is 618. The Hall–Kier alpha value is -1.49. The zero-order chi connectivity index (χ0) is 18.1. The van der Waals surface area contributed by atoms with Gasteiger partial charge in [0.2, 0.25) is 0 Å². The van der Waals surface area contributed by atoms with Crippen molar-refractivity contribution in [2.75, 3.05) is 26.2 Å². The van der Waals surface area contributed by atoms with Crippen LogP contribution in [0.3, 0.4) is 0 Å². The van der Waals surface area contributed by atoms with E-state index in [9.17, 15) is 4.79 Å². The number of rotatable bonds is 2. The molecule has 1 aromatic carbocycles. The molecule has 132 valence electrons. The van der Waals surface area contributed by atoms with Gasteiger partial charge in [0.1, 0.15) is 5.60 Å². The molecule has 1 fully saturated rings. The third-order valence-electron chi connectivity index (χ3n) is 4.10. The van der Waals surface area contributed by atoms with Crippen LogP contribution < -0.4 is 0 Å². The van der Waals surface area contributed by atoms with E-state index in [0.717, 1.165) is 23.3 Å². The second-order valence-electron chi connectivity index (χ2n) is 7.32. The van der Waals surface area contributed by atoms with E-state index in [0.29, 0.717) is 13.1 Å². The van der Waals surface area contributed by atoms with Crippen LogP contribution >= 0.6 is 15.9 Å². The van der Waals surface area contributed by atoms with Crippen molar-refractivity contribution >= 4 is 27.7 Å². The maximum absolute atomic E-state index is 12.2. The molecule has 24 heavy (non-hydrogen) atoms. The number of hydrogen-bond donors (Lipinski definition) is 0. The average Bonchev–Trinajstić information content (AvgIpc) is 2.44. The highest BCUT2D eigenvalue weighted by atomic mass is 79.9. The number of piperazine rings is 1. The molecule has 0 aliphatic carbocycles. The van der Waals surface area contributed by atoms with Crippen LogP contribution in [0.2, 0.25) is 0 Å². The van der Waals surface area contributed by atoms with Crippen molar-refractivity contribution in [1.29, 1.82) is 0 Å². The van der Waals surface area contributed by atoms with Gasteiger partial charge < -0.3 is 14.5 Å². The van der Waals surface area contributed by atoms with E-state index < -0.39 is 5.60 Å². The molecule has 0 bridgehead atoms. The van der Waals surface area contributed by atoms with Gasteiger partial charge in [0.05, 0.1) is 0 Å². The van der Waals surface area contributed by atoms with Gasteiger partial charge in [-0.25, -0.2) is 4.79 Å². The molecule has 1 aliphatic rings. The van der Waals surface area contributed by atoms with Crippen molar-refractivity contribution in [3.63, 3.8) is 0 Å².